The number of methoxy groups -OCH3 is 1. The van der Waals surface area contributed by atoms with Gasteiger partial charge in [0.05, 0.1) is 7.11 Å². The Morgan fingerprint density at radius 2 is 2.05 bits per heavy atom. The molecule has 1 heterocycles. The lowest BCUT2D eigenvalue weighted by atomic mass is 10.2. The summed E-state index contributed by atoms with van der Waals surface area (Å²) in [5, 5.41) is 2.96. The summed E-state index contributed by atoms with van der Waals surface area (Å²) in [4.78, 5) is 33.0. The third kappa shape index (κ3) is 3.91. The van der Waals surface area contributed by atoms with Gasteiger partial charge >= 0.3 is 5.97 Å². The minimum absolute atomic E-state index is 0.0202. The van der Waals surface area contributed by atoms with Crippen molar-refractivity contribution in [3.8, 4) is 0 Å². The van der Waals surface area contributed by atoms with Gasteiger partial charge in [0, 0.05) is 19.3 Å². The summed E-state index contributed by atoms with van der Waals surface area (Å²) in [6.07, 6.45) is 1.44. The Balaban J connectivity index is 2.78. The molecule has 0 bridgehead atoms. The molecule has 0 spiro atoms. The number of esters is 1. The fraction of sp³-hybridized carbons (Fsp3) is 0.538. The van der Waals surface area contributed by atoms with Crippen LogP contribution in [0.3, 0.4) is 0 Å². The van der Waals surface area contributed by atoms with Crippen molar-refractivity contribution in [3.63, 3.8) is 0 Å². The second kappa shape index (κ2) is 7.42. The van der Waals surface area contributed by atoms with E-state index >= 15 is 0 Å². The normalized spacial score (nSPS) is 11.6. The number of anilines is 1. The first kappa shape index (κ1) is 15.9. The highest BCUT2D eigenvalue weighted by Gasteiger charge is 2.19. The van der Waals surface area contributed by atoms with E-state index in [9.17, 15) is 9.59 Å². The Kier molecular flexibility index (Phi) is 5.89. The van der Waals surface area contributed by atoms with Crippen LogP contribution in [-0.2, 0) is 9.53 Å². The van der Waals surface area contributed by atoms with Crippen LogP contribution in [0.25, 0.3) is 0 Å². The van der Waals surface area contributed by atoms with Crippen LogP contribution in [0.2, 0.25) is 0 Å². The zero-order valence-corrected chi connectivity index (χ0v) is 12.2. The largest absolute Gasteiger partial charge is 0.463 e. The number of rotatable bonds is 6. The van der Waals surface area contributed by atoms with Crippen molar-refractivity contribution in [2.75, 3.05) is 25.5 Å². The summed E-state index contributed by atoms with van der Waals surface area (Å²) >= 11 is 0. The van der Waals surface area contributed by atoms with Crippen LogP contribution in [0.15, 0.2) is 12.3 Å². The van der Waals surface area contributed by atoms with Crippen LogP contribution in [-0.4, -0.2) is 53.0 Å². The predicted octanol–water partition coefficient (Wildman–Crippen LogP) is 0.932. The number of carbonyl (C=O) groups excluding carboxylic acids is 2. The number of likely N-dealkylation sites (N-methyl/N-ethyl adjacent to an activating group) is 1. The van der Waals surface area contributed by atoms with Crippen molar-refractivity contribution >= 4 is 17.7 Å². The Morgan fingerprint density at radius 1 is 1.40 bits per heavy atom. The summed E-state index contributed by atoms with van der Waals surface area (Å²) in [5.74, 6) is -0.266. The smallest absolute Gasteiger partial charge is 0.376 e. The summed E-state index contributed by atoms with van der Waals surface area (Å²) in [7, 11) is 1.26. The SMILES string of the molecule is CCN(CC)C(=O)C(C)Nc1ccnc(C(=O)OC)n1. The highest BCUT2D eigenvalue weighted by atomic mass is 16.5. The number of amides is 1. The molecule has 1 aromatic heterocycles. The van der Waals surface area contributed by atoms with Crippen LogP contribution >= 0.6 is 0 Å². The number of carbonyl (C=O) groups is 2. The second-order valence-corrected chi connectivity index (χ2v) is 4.13. The molecule has 20 heavy (non-hydrogen) atoms. The van der Waals surface area contributed by atoms with Gasteiger partial charge in [-0.05, 0) is 26.8 Å². The molecule has 0 aliphatic rings. The molecule has 7 heteroatoms. The molecule has 0 aliphatic heterocycles. The molecule has 1 aromatic rings. The molecule has 0 saturated heterocycles. The highest BCUT2D eigenvalue weighted by molar-refractivity contribution is 5.86. The molecule has 1 N–H and O–H groups in total. The van der Waals surface area contributed by atoms with E-state index in [0.717, 1.165) is 0 Å². The van der Waals surface area contributed by atoms with E-state index < -0.39 is 12.0 Å². The molecular formula is C13H20N4O3. The average Bonchev–Trinajstić information content (AvgIpc) is 2.47. The Hall–Kier alpha value is -2.18. The first-order valence-corrected chi connectivity index (χ1v) is 6.50. The van der Waals surface area contributed by atoms with E-state index in [2.05, 4.69) is 20.0 Å². The molecule has 0 aromatic carbocycles. The van der Waals surface area contributed by atoms with Gasteiger partial charge in [0.15, 0.2) is 0 Å². The monoisotopic (exact) mass is 280 g/mol. The van der Waals surface area contributed by atoms with Gasteiger partial charge in [-0.1, -0.05) is 0 Å². The molecule has 0 radical (unpaired) electrons. The predicted molar refractivity (Wildman–Crippen MR) is 74.4 cm³/mol. The average molecular weight is 280 g/mol. The highest BCUT2D eigenvalue weighted by Crippen LogP contribution is 2.07. The topological polar surface area (TPSA) is 84.4 Å². The van der Waals surface area contributed by atoms with E-state index in [1.54, 1.807) is 17.9 Å². The van der Waals surface area contributed by atoms with E-state index in [1.807, 2.05) is 13.8 Å². The summed E-state index contributed by atoms with van der Waals surface area (Å²) < 4.78 is 4.55. The lowest BCUT2D eigenvalue weighted by Crippen LogP contribution is -2.41. The molecule has 1 rings (SSSR count). The van der Waals surface area contributed by atoms with Gasteiger partial charge in [-0.3, -0.25) is 4.79 Å². The van der Waals surface area contributed by atoms with Crippen LogP contribution in [0.1, 0.15) is 31.4 Å². The summed E-state index contributed by atoms with van der Waals surface area (Å²) in [5.41, 5.74) is 0. The summed E-state index contributed by atoms with van der Waals surface area (Å²) in [6.45, 7) is 6.90. The van der Waals surface area contributed by atoms with Gasteiger partial charge in [0.25, 0.3) is 0 Å². The first-order valence-electron chi connectivity index (χ1n) is 6.50. The Morgan fingerprint density at radius 3 is 2.60 bits per heavy atom. The van der Waals surface area contributed by atoms with Crippen LogP contribution in [0, 0.1) is 0 Å². The van der Waals surface area contributed by atoms with Crippen molar-refractivity contribution in [3.05, 3.63) is 18.1 Å². The third-order valence-electron chi connectivity index (χ3n) is 2.83. The van der Waals surface area contributed by atoms with Crippen molar-refractivity contribution < 1.29 is 14.3 Å². The lowest BCUT2D eigenvalue weighted by Gasteiger charge is -2.23. The summed E-state index contributed by atoms with van der Waals surface area (Å²) in [6, 6.07) is 1.16. The van der Waals surface area contributed by atoms with Crippen molar-refractivity contribution in [2.45, 2.75) is 26.8 Å². The van der Waals surface area contributed by atoms with Gasteiger partial charge in [-0.2, -0.15) is 0 Å². The maximum Gasteiger partial charge on any atom is 0.376 e. The molecule has 0 aliphatic carbocycles. The minimum atomic E-state index is -0.614. The van der Waals surface area contributed by atoms with Crippen LogP contribution in [0.4, 0.5) is 5.82 Å². The minimum Gasteiger partial charge on any atom is -0.463 e. The molecule has 1 unspecified atom stereocenters. The molecule has 110 valence electrons. The molecule has 0 saturated carbocycles. The van der Waals surface area contributed by atoms with Crippen LogP contribution < -0.4 is 5.32 Å². The number of ether oxygens (including phenoxy) is 1. The van der Waals surface area contributed by atoms with Gasteiger partial charge < -0.3 is 15.0 Å². The third-order valence-corrected chi connectivity index (χ3v) is 2.83. The molecule has 1 atom stereocenters. The standard InChI is InChI=1S/C13H20N4O3/c1-5-17(6-2)12(18)9(3)15-10-7-8-14-11(16-10)13(19)20-4/h7-9H,5-6H2,1-4H3,(H,14,15,16). The number of aromatic nitrogens is 2. The van der Waals surface area contributed by atoms with Gasteiger partial charge in [-0.25, -0.2) is 14.8 Å². The van der Waals surface area contributed by atoms with Crippen molar-refractivity contribution in [2.24, 2.45) is 0 Å². The van der Waals surface area contributed by atoms with Crippen molar-refractivity contribution in [1.29, 1.82) is 0 Å². The number of nitrogens with one attached hydrogen (secondary N) is 1. The molecular weight excluding hydrogens is 260 g/mol. The zero-order valence-electron chi connectivity index (χ0n) is 12.2. The number of hydrogen-bond donors (Lipinski definition) is 1. The fourth-order valence-electron chi connectivity index (χ4n) is 1.72. The zero-order chi connectivity index (χ0) is 15.1. The molecule has 0 fully saturated rings. The van der Waals surface area contributed by atoms with Gasteiger partial charge in [0.2, 0.25) is 11.7 Å². The van der Waals surface area contributed by atoms with Crippen molar-refractivity contribution in [1.82, 2.24) is 14.9 Å². The molecule has 7 nitrogen and oxygen atoms in total. The van der Waals surface area contributed by atoms with Gasteiger partial charge in [0.1, 0.15) is 11.9 Å². The van der Waals surface area contributed by atoms with E-state index in [1.165, 1.54) is 13.3 Å². The van der Waals surface area contributed by atoms with Gasteiger partial charge in [-0.15, -0.1) is 0 Å². The van der Waals surface area contributed by atoms with E-state index in [-0.39, 0.29) is 11.7 Å². The Labute approximate surface area is 118 Å². The molecule has 1 amide bonds. The number of hydrogen-bond acceptors (Lipinski definition) is 6. The van der Waals surface area contributed by atoms with E-state index in [0.29, 0.717) is 18.9 Å². The lowest BCUT2D eigenvalue weighted by molar-refractivity contribution is -0.131. The van der Waals surface area contributed by atoms with E-state index in [4.69, 9.17) is 0 Å². The van der Waals surface area contributed by atoms with Crippen LogP contribution in [0.5, 0.6) is 0 Å². The quantitative estimate of drug-likeness (QED) is 0.780. The number of nitrogens with zero attached hydrogens (tertiary/aromatic N) is 3. The Bertz CT molecular complexity index is 474. The fourth-order valence-corrected chi connectivity index (χ4v) is 1.72. The maximum absolute atomic E-state index is 12.1. The first-order chi connectivity index (χ1) is 9.53. The maximum atomic E-state index is 12.1. The second-order valence-electron chi connectivity index (χ2n) is 4.13.